The van der Waals surface area contributed by atoms with E-state index in [0.717, 1.165) is 64.9 Å². The number of carbonyl (C=O) groups is 1. The number of hydrogen-bond acceptors (Lipinski definition) is 4. The molecule has 0 spiro atoms. The third-order valence-corrected chi connectivity index (χ3v) is 6.48. The van der Waals surface area contributed by atoms with Gasteiger partial charge in [0, 0.05) is 36.9 Å². The van der Waals surface area contributed by atoms with Crippen LogP contribution in [0.15, 0.2) is 18.2 Å². The molecule has 2 fully saturated rings. The minimum Gasteiger partial charge on any atom is -0.497 e. The molecule has 4 nitrogen and oxygen atoms in total. The number of amides is 1. The van der Waals surface area contributed by atoms with E-state index in [-0.39, 0.29) is 5.91 Å². The number of rotatable bonds is 3. The zero-order valence-electron chi connectivity index (χ0n) is 14.4. The maximum absolute atomic E-state index is 13.1. The van der Waals surface area contributed by atoms with Crippen molar-refractivity contribution in [1.82, 2.24) is 9.80 Å². The molecular formula is C19H24N2O2S. The second-order valence-corrected chi connectivity index (χ2v) is 7.88. The molecule has 0 bridgehead atoms. The van der Waals surface area contributed by atoms with Crippen molar-refractivity contribution in [2.45, 2.75) is 32.2 Å². The lowest BCUT2D eigenvalue weighted by Gasteiger charge is -2.21. The van der Waals surface area contributed by atoms with Crippen LogP contribution in [0.25, 0.3) is 10.1 Å². The molecule has 2 heterocycles. The van der Waals surface area contributed by atoms with E-state index in [1.54, 1.807) is 18.4 Å². The number of methoxy groups -OCH3 is 1. The molecular weight excluding hydrogens is 320 g/mol. The van der Waals surface area contributed by atoms with Crippen LogP contribution in [0, 0.1) is 6.92 Å². The monoisotopic (exact) mass is 344 g/mol. The number of ether oxygens (including phenoxy) is 1. The van der Waals surface area contributed by atoms with Gasteiger partial charge in [-0.1, -0.05) is 0 Å². The summed E-state index contributed by atoms with van der Waals surface area (Å²) in [5.74, 6) is 1.04. The van der Waals surface area contributed by atoms with Crippen molar-refractivity contribution in [2.75, 3.05) is 33.3 Å². The fourth-order valence-electron chi connectivity index (χ4n) is 3.62. The van der Waals surface area contributed by atoms with Gasteiger partial charge < -0.3 is 9.64 Å². The molecule has 1 saturated heterocycles. The van der Waals surface area contributed by atoms with E-state index in [0.29, 0.717) is 0 Å². The van der Waals surface area contributed by atoms with Crippen molar-refractivity contribution in [2.24, 2.45) is 0 Å². The molecule has 24 heavy (non-hydrogen) atoms. The van der Waals surface area contributed by atoms with Gasteiger partial charge in [0.1, 0.15) is 5.75 Å². The SMILES string of the molecule is COc1ccc2sc(C(=O)N3CCCN(C4CC4)CC3)c(C)c2c1. The van der Waals surface area contributed by atoms with Crippen molar-refractivity contribution in [1.29, 1.82) is 0 Å². The molecule has 0 atom stereocenters. The lowest BCUT2D eigenvalue weighted by molar-refractivity contribution is 0.0765. The van der Waals surface area contributed by atoms with Gasteiger partial charge in [0.25, 0.3) is 5.91 Å². The van der Waals surface area contributed by atoms with Gasteiger partial charge in [-0.15, -0.1) is 11.3 Å². The van der Waals surface area contributed by atoms with Gasteiger partial charge in [0.05, 0.1) is 12.0 Å². The van der Waals surface area contributed by atoms with Gasteiger partial charge in [0.2, 0.25) is 0 Å². The van der Waals surface area contributed by atoms with Crippen LogP contribution in [0.3, 0.4) is 0 Å². The smallest absolute Gasteiger partial charge is 0.264 e. The Morgan fingerprint density at radius 3 is 2.79 bits per heavy atom. The van der Waals surface area contributed by atoms with E-state index in [1.807, 2.05) is 12.1 Å². The molecule has 0 radical (unpaired) electrons. The van der Waals surface area contributed by atoms with Crippen molar-refractivity contribution >= 4 is 27.3 Å². The number of thiophene rings is 1. The summed E-state index contributed by atoms with van der Waals surface area (Å²) in [6, 6.07) is 6.85. The number of hydrogen-bond donors (Lipinski definition) is 0. The summed E-state index contributed by atoms with van der Waals surface area (Å²) in [6.07, 6.45) is 3.76. The van der Waals surface area contributed by atoms with E-state index < -0.39 is 0 Å². The highest BCUT2D eigenvalue weighted by Crippen LogP contribution is 2.34. The zero-order chi connectivity index (χ0) is 16.7. The summed E-state index contributed by atoms with van der Waals surface area (Å²) >= 11 is 1.61. The van der Waals surface area contributed by atoms with E-state index in [9.17, 15) is 4.79 Å². The van der Waals surface area contributed by atoms with Crippen molar-refractivity contribution < 1.29 is 9.53 Å². The van der Waals surface area contributed by atoms with Crippen LogP contribution < -0.4 is 4.74 Å². The normalized spacial score (nSPS) is 19.5. The van der Waals surface area contributed by atoms with Crippen molar-refractivity contribution in [3.63, 3.8) is 0 Å². The first-order valence-electron chi connectivity index (χ1n) is 8.78. The van der Waals surface area contributed by atoms with Crippen LogP contribution >= 0.6 is 11.3 Å². The summed E-state index contributed by atoms with van der Waals surface area (Å²) in [7, 11) is 1.68. The number of carbonyl (C=O) groups excluding carboxylic acids is 1. The predicted molar refractivity (Wildman–Crippen MR) is 98.2 cm³/mol. The highest BCUT2D eigenvalue weighted by Gasteiger charge is 2.31. The molecule has 1 aliphatic carbocycles. The van der Waals surface area contributed by atoms with Gasteiger partial charge in [-0.25, -0.2) is 0 Å². The average Bonchev–Trinajstić information content (AvgIpc) is 3.41. The van der Waals surface area contributed by atoms with Crippen LogP contribution in [-0.2, 0) is 0 Å². The maximum atomic E-state index is 13.1. The van der Waals surface area contributed by atoms with E-state index in [4.69, 9.17) is 4.74 Å². The number of nitrogens with zero attached hydrogens (tertiary/aromatic N) is 2. The van der Waals surface area contributed by atoms with Crippen molar-refractivity contribution in [3.05, 3.63) is 28.6 Å². The average molecular weight is 344 g/mol. The molecule has 4 rings (SSSR count). The second-order valence-electron chi connectivity index (χ2n) is 6.83. The molecule has 2 aliphatic rings. The van der Waals surface area contributed by atoms with Gasteiger partial charge in [-0.2, -0.15) is 0 Å². The van der Waals surface area contributed by atoms with Gasteiger partial charge in [-0.3, -0.25) is 9.69 Å². The summed E-state index contributed by atoms with van der Waals surface area (Å²) in [6.45, 7) is 5.94. The number of fused-ring (bicyclic) bond motifs is 1. The molecule has 1 aromatic heterocycles. The Morgan fingerprint density at radius 2 is 2.04 bits per heavy atom. The predicted octanol–water partition coefficient (Wildman–Crippen LogP) is 3.53. The molecule has 1 aliphatic heterocycles. The van der Waals surface area contributed by atoms with E-state index in [1.165, 1.54) is 12.8 Å². The van der Waals surface area contributed by atoms with Gasteiger partial charge in [-0.05, 0) is 55.3 Å². The number of benzene rings is 1. The first-order valence-corrected chi connectivity index (χ1v) is 9.59. The molecule has 0 unspecified atom stereocenters. The van der Waals surface area contributed by atoms with Gasteiger partial charge >= 0.3 is 0 Å². The molecule has 128 valence electrons. The lowest BCUT2D eigenvalue weighted by Crippen LogP contribution is -2.35. The third-order valence-electron chi connectivity index (χ3n) is 5.22. The molecule has 1 aromatic carbocycles. The first kappa shape index (κ1) is 15.9. The highest BCUT2D eigenvalue weighted by atomic mass is 32.1. The minimum absolute atomic E-state index is 0.199. The molecule has 2 aromatic rings. The summed E-state index contributed by atoms with van der Waals surface area (Å²) in [5.41, 5.74) is 1.09. The topological polar surface area (TPSA) is 32.8 Å². The quantitative estimate of drug-likeness (QED) is 0.854. The Kier molecular flexibility index (Phi) is 4.22. The van der Waals surface area contributed by atoms with Crippen LogP contribution in [0.2, 0.25) is 0 Å². The largest absolute Gasteiger partial charge is 0.497 e. The van der Waals surface area contributed by atoms with Gasteiger partial charge in [0.15, 0.2) is 0 Å². The zero-order valence-corrected chi connectivity index (χ0v) is 15.2. The maximum Gasteiger partial charge on any atom is 0.264 e. The third kappa shape index (κ3) is 2.91. The Bertz CT molecular complexity index is 766. The van der Waals surface area contributed by atoms with Crippen LogP contribution in [0.1, 0.15) is 34.5 Å². The summed E-state index contributed by atoms with van der Waals surface area (Å²) in [4.78, 5) is 18.6. The minimum atomic E-state index is 0.199. The molecule has 0 N–H and O–H groups in total. The van der Waals surface area contributed by atoms with Crippen LogP contribution in [0.4, 0.5) is 0 Å². The first-order chi connectivity index (χ1) is 11.7. The Hall–Kier alpha value is -1.59. The van der Waals surface area contributed by atoms with Crippen LogP contribution in [-0.4, -0.2) is 55.0 Å². The Labute approximate surface area is 147 Å². The molecule has 5 heteroatoms. The summed E-state index contributed by atoms with van der Waals surface area (Å²) in [5, 5.41) is 1.14. The van der Waals surface area contributed by atoms with Crippen molar-refractivity contribution in [3.8, 4) is 5.75 Å². The Morgan fingerprint density at radius 1 is 1.21 bits per heavy atom. The highest BCUT2D eigenvalue weighted by molar-refractivity contribution is 7.21. The lowest BCUT2D eigenvalue weighted by atomic mass is 10.1. The Balaban J connectivity index is 1.57. The molecule has 1 saturated carbocycles. The fraction of sp³-hybridized carbons (Fsp3) is 0.526. The van der Waals surface area contributed by atoms with E-state index in [2.05, 4.69) is 22.8 Å². The fourth-order valence-corrected chi connectivity index (χ4v) is 4.78. The standard InChI is InChI=1S/C19H24N2O2S/c1-13-16-12-15(23-2)6-7-17(16)24-18(13)19(22)21-9-3-8-20(10-11-21)14-4-5-14/h6-7,12,14H,3-5,8-11H2,1-2H3. The molecule has 1 amide bonds. The number of aryl methyl sites for hydroxylation is 1. The summed E-state index contributed by atoms with van der Waals surface area (Å²) < 4.78 is 6.48. The van der Waals surface area contributed by atoms with Crippen LogP contribution in [0.5, 0.6) is 5.75 Å². The second kappa shape index (κ2) is 6.37. The van der Waals surface area contributed by atoms with E-state index >= 15 is 0 Å².